The van der Waals surface area contributed by atoms with Gasteiger partial charge in [0.15, 0.2) is 5.82 Å². The zero-order valence-corrected chi connectivity index (χ0v) is 12.5. The monoisotopic (exact) mass is 330 g/mol. The molecule has 0 saturated heterocycles. The summed E-state index contributed by atoms with van der Waals surface area (Å²) < 4.78 is 1.59. The van der Waals surface area contributed by atoms with E-state index in [2.05, 4.69) is 15.2 Å². The summed E-state index contributed by atoms with van der Waals surface area (Å²) in [5.41, 5.74) is 1.34. The van der Waals surface area contributed by atoms with E-state index in [1.807, 2.05) is 0 Å². The van der Waals surface area contributed by atoms with Gasteiger partial charge in [-0.2, -0.15) is 0 Å². The van der Waals surface area contributed by atoms with E-state index in [1.165, 1.54) is 12.1 Å². The van der Waals surface area contributed by atoms with Crippen LogP contribution in [-0.2, 0) is 11.2 Å². The molecule has 3 rings (SSSR count). The summed E-state index contributed by atoms with van der Waals surface area (Å²) in [5.74, 6) is -0.587. The third kappa shape index (κ3) is 3.29. The van der Waals surface area contributed by atoms with Gasteiger partial charge in [0.2, 0.25) is 0 Å². The summed E-state index contributed by atoms with van der Waals surface area (Å²) >= 11 is 5.98. The van der Waals surface area contributed by atoms with Gasteiger partial charge >= 0.3 is 5.97 Å². The van der Waals surface area contributed by atoms with Crippen LogP contribution in [0, 0.1) is 0 Å². The van der Waals surface area contributed by atoms with E-state index in [1.54, 1.807) is 34.9 Å². The Kier molecular flexibility index (Phi) is 3.94. The Balaban J connectivity index is 2.07. The molecule has 0 aliphatic carbocycles. The molecule has 0 amide bonds. The number of pyridine rings is 1. The zero-order valence-electron chi connectivity index (χ0n) is 11.7. The van der Waals surface area contributed by atoms with Gasteiger partial charge in [-0.05, 0) is 36.4 Å². The highest BCUT2D eigenvalue weighted by molar-refractivity contribution is 6.30. The number of hydrogen-bond acceptors (Lipinski definition) is 5. The highest BCUT2D eigenvalue weighted by Gasteiger charge is 2.15. The molecule has 0 spiro atoms. The smallest absolute Gasteiger partial charge is 0.309 e. The van der Waals surface area contributed by atoms with Crippen molar-refractivity contribution >= 4 is 34.7 Å². The number of aliphatic carboxylic acids is 1. The Bertz CT molecular complexity index is 903. The van der Waals surface area contributed by atoms with Crippen LogP contribution in [0.25, 0.3) is 5.65 Å². The summed E-state index contributed by atoms with van der Waals surface area (Å²) in [5, 5.41) is 26.9. The number of phenols is 1. The fraction of sp³-hybridized carbons (Fsp3) is 0.0667. The quantitative estimate of drug-likeness (QED) is 0.712. The summed E-state index contributed by atoms with van der Waals surface area (Å²) in [4.78, 5) is 15.3. The van der Waals surface area contributed by atoms with Crippen molar-refractivity contribution in [2.45, 2.75) is 6.42 Å². The van der Waals surface area contributed by atoms with Crippen LogP contribution in [0.2, 0.25) is 5.02 Å². The lowest BCUT2D eigenvalue weighted by Crippen LogP contribution is -2.00. The van der Waals surface area contributed by atoms with Gasteiger partial charge in [0.25, 0.3) is 0 Å². The lowest BCUT2D eigenvalue weighted by atomic mass is 10.3. The highest BCUT2D eigenvalue weighted by atomic mass is 35.5. The molecule has 0 unspecified atom stereocenters. The van der Waals surface area contributed by atoms with Crippen molar-refractivity contribution in [2.24, 2.45) is 10.2 Å². The lowest BCUT2D eigenvalue weighted by Gasteiger charge is -1.98. The van der Waals surface area contributed by atoms with Crippen LogP contribution < -0.4 is 0 Å². The largest absolute Gasteiger partial charge is 0.508 e. The molecular weight excluding hydrogens is 320 g/mol. The minimum atomic E-state index is -1.01. The third-order valence-electron chi connectivity index (χ3n) is 3.06. The molecule has 0 aliphatic rings. The first-order chi connectivity index (χ1) is 11.0. The molecule has 8 heteroatoms. The number of imidazole rings is 1. The van der Waals surface area contributed by atoms with Crippen LogP contribution in [0.3, 0.4) is 0 Å². The van der Waals surface area contributed by atoms with E-state index >= 15 is 0 Å². The lowest BCUT2D eigenvalue weighted by molar-refractivity contribution is -0.136. The molecular formula is C15H11ClN4O3. The van der Waals surface area contributed by atoms with E-state index < -0.39 is 5.97 Å². The van der Waals surface area contributed by atoms with Crippen molar-refractivity contribution in [1.82, 2.24) is 9.38 Å². The van der Waals surface area contributed by atoms with Crippen LogP contribution in [-0.4, -0.2) is 25.6 Å². The normalized spacial score (nSPS) is 11.3. The molecule has 23 heavy (non-hydrogen) atoms. The molecule has 0 fully saturated rings. The number of nitrogens with zero attached hydrogens (tertiary/aromatic N) is 4. The fourth-order valence-electron chi connectivity index (χ4n) is 2.05. The Morgan fingerprint density at radius 3 is 2.61 bits per heavy atom. The van der Waals surface area contributed by atoms with Gasteiger partial charge in [-0.3, -0.25) is 9.20 Å². The molecule has 2 N–H and O–H groups in total. The molecule has 2 heterocycles. The summed E-state index contributed by atoms with van der Waals surface area (Å²) in [7, 11) is 0. The van der Waals surface area contributed by atoms with Crippen molar-refractivity contribution in [3.8, 4) is 5.75 Å². The Morgan fingerprint density at radius 1 is 1.17 bits per heavy atom. The number of halogens is 1. The van der Waals surface area contributed by atoms with Gasteiger partial charge < -0.3 is 10.2 Å². The number of phenolic OH excluding ortho intramolecular Hbond substituents is 1. The SMILES string of the molecule is O=C(O)Cc1nc2ccc(Cl)cn2c1N=Nc1ccc(O)cc1. The molecule has 116 valence electrons. The van der Waals surface area contributed by atoms with Gasteiger partial charge in [-0.15, -0.1) is 10.2 Å². The molecule has 3 aromatic rings. The summed E-state index contributed by atoms with van der Waals surface area (Å²) in [6.45, 7) is 0. The maximum atomic E-state index is 11.0. The van der Waals surface area contributed by atoms with Crippen LogP contribution in [0.5, 0.6) is 5.75 Å². The first kappa shape index (κ1) is 15.0. The van der Waals surface area contributed by atoms with Gasteiger partial charge in [0.05, 0.1) is 22.8 Å². The molecule has 0 aliphatic heterocycles. The summed E-state index contributed by atoms with van der Waals surface area (Å²) in [6, 6.07) is 9.48. The molecule has 0 radical (unpaired) electrons. The number of carboxylic acid groups (broad SMARTS) is 1. The molecule has 0 atom stereocenters. The number of aromatic hydroxyl groups is 1. The second-order valence-corrected chi connectivity index (χ2v) is 5.18. The Hall–Kier alpha value is -2.93. The fourth-order valence-corrected chi connectivity index (χ4v) is 2.21. The van der Waals surface area contributed by atoms with Gasteiger partial charge in [-0.1, -0.05) is 11.6 Å². The average molecular weight is 331 g/mol. The van der Waals surface area contributed by atoms with Gasteiger partial charge in [0.1, 0.15) is 11.4 Å². The number of hydrogen-bond donors (Lipinski definition) is 2. The first-order valence-electron chi connectivity index (χ1n) is 6.62. The molecule has 7 nitrogen and oxygen atoms in total. The van der Waals surface area contributed by atoms with Crippen LogP contribution in [0.15, 0.2) is 52.8 Å². The average Bonchev–Trinajstić information content (AvgIpc) is 2.82. The summed E-state index contributed by atoms with van der Waals surface area (Å²) in [6.07, 6.45) is 1.32. The number of carbonyl (C=O) groups is 1. The maximum absolute atomic E-state index is 11.0. The zero-order chi connectivity index (χ0) is 16.4. The van der Waals surface area contributed by atoms with E-state index in [9.17, 15) is 9.90 Å². The van der Waals surface area contributed by atoms with Gasteiger partial charge in [-0.25, -0.2) is 4.98 Å². The predicted octanol–water partition coefficient (Wildman–Crippen LogP) is 3.74. The second-order valence-electron chi connectivity index (χ2n) is 4.74. The molecule has 0 bridgehead atoms. The standard InChI is InChI=1S/C15H11ClN4O3/c16-9-1-6-13-17-12(7-14(22)23)15(20(13)8-9)19-18-10-2-4-11(21)5-3-10/h1-6,8,21H,7H2,(H,22,23). The van der Waals surface area contributed by atoms with Crippen molar-refractivity contribution < 1.29 is 15.0 Å². The molecule has 1 aromatic carbocycles. The number of azo groups is 1. The Morgan fingerprint density at radius 2 is 1.91 bits per heavy atom. The molecule has 2 aromatic heterocycles. The van der Waals surface area contributed by atoms with E-state index in [0.29, 0.717) is 27.9 Å². The third-order valence-corrected chi connectivity index (χ3v) is 3.28. The van der Waals surface area contributed by atoms with Crippen molar-refractivity contribution in [3.05, 3.63) is 53.3 Å². The van der Waals surface area contributed by atoms with Crippen molar-refractivity contribution in [2.75, 3.05) is 0 Å². The Labute approximate surface area is 135 Å². The number of carboxylic acids is 1. The number of benzene rings is 1. The minimum Gasteiger partial charge on any atom is -0.508 e. The number of rotatable bonds is 4. The first-order valence-corrected chi connectivity index (χ1v) is 7.00. The van der Waals surface area contributed by atoms with Crippen molar-refractivity contribution in [1.29, 1.82) is 0 Å². The topological polar surface area (TPSA) is 99.5 Å². The minimum absolute atomic E-state index is 0.122. The molecule has 0 saturated carbocycles. The van der Waals surface area contributed by atoms with Crippen molar-refractivity contribution in [3.63, 3.8) is 0 Å². The van der Waals surface area contributed by atoms with E-state index in [0.717, 1.165) is 0 Å². The van der Waals surface area contributed by atoms with Crippen LogP contribution >= 0.6 is 11.6 Å². The predicted molar refractivity (Wildman–Crippen MR) is 83.8 cm³/mol. The van der Waals surface area contributed by atoms with E-state index in [-0.39, 0.29) is 12.2 Å². The highest BCUT2D eigenvalue weighted by Crippen LogP contribution is 2.26. The van der Waals surface area contributed by atoms with Gasteiger partial charge in [0, 0.05) is 6.20 Å². The second kappa shape index (κ2) is 6.05. The maximum Gasteiger partial charge on any atom is 0.309 e. The number of aromatic nitrogens is 2. The number of fused-ring (bicyclic) bond motifs is 1. The van der Waals surface area contributed by atoms with E-state index in [4.69, 9.17) is 16.7 Å². The van der Waals surface area contributed by atoms with Crippen LogP contribution in [0.4, 0.5) is 11.5 Å². The van der Waals surface area contributed by atoms with Crippen LogP contribution in [0.1, 0.15) is 5.69 Å².